The highest BCUT2D eigenvalue weighted by atomic mass is 16.1. The molecule has 1 aromatic carbocycles. The van der Waals surface area contributed by atoms with Crippen LogP contribution < -0.4 is 15.8 Å². The van der Waals surface area contributed by atoms with E-state index < -0.39 is 0 Å². The Balaban J connectivity index is 1.87. The quantitative estimate of drug-likeness (QED) is 0.451. The molecule has 0 bridgehead atoms. The molecule has 0 fully saturated rings. The Morgan fingerprint density at radius 1 is 1.13 bits per heavy atom. The molecule has 162 valence electrons. The van der Waals surface area contributed by atoms with Crippen molar-refractivity contribution in [3.8, 4) is 0 Å². The summed E-state index contributed by atoms with van der Waals surface area (Å²) in [7, 11) is 6.01. The average molecular weight is 421 g/mol. The van der Waals surface area contributed by atoms with Crippen molar-refractivity contribution in [2.75, 3.05) is 44.4 Å². The predicted molar refractivity (Wildman–Crippen MR) is 124 cm³/mol. The number of aromatic nitrogens is 5. The lowest BCUT2D eigenvalue weighted by molar-refractivity contribution is 0.425. The number of anilines is 2. The average Bonchev–Trinajstić information content (AvgIpc) is 3.19. The molecular formula is C22H28N8O. The van der Waals surface area contributed by atoms with E-state index >= 15 is 0 Å². The molecule has 0 saturated carbocycles. The minimum atomic E-state index is -0.203. The van der Waals surface area contributed by atoms with Gasteiger partial charge in [-0.15, -0.1) is 0 Å². The maximum Gasteiger partial charge on any atom is 0.274 e. The molecule has 9 nitrogen and oxygen atoms in total. The van der Waals surface area contributed by atoms with Gasteiger partial charge in [-0.25, -0.2) is 4.98 Å². The van der Waals surface area contributed by atoms with Crippen molar-refractivity contribution in [1.82, 2.24) is 29.2 Å². The lowest BCUT2D eigenvalue weighted by atomic mass is 10.2. The molecule has 0 aliphatic heterocycles. The number of aromatic amines is 1. The Labute approximate surface area is 180 Å². The van der Waals surface area contributed by atoms with Crippen LogP contribution in [0.15, 0.2) is 41.3 Å². The number of rotatable bonds is 8. The van der Waals surface area contributed by atoms with E-state index in [0.717, 1.165) is 17.9 Å². The third kappa shape index (κ3) is 4.22. The van der Waals surface area contributed by atoms with Gasteiger partial charge < -0.3 is 20.1 Å². The van der Waals surface area contributed by atoms with Crippen molar-refractivity contribution in [2.24, 2.45) is 0 Å². The summed E-state index contributed by atoms with van der Waals surface area (Å²) < 4.78 is 1.84. The van der Waals surface area contributed by atoms with E-state index in [0.29, 0.717) is 48.0 Å². The van der Waals surface area contributed by atoms with Crippen LogP contribution in [0.3, 0.4) is 0 Å². The number of likely N-dealkylation sites (N-methyl/N-ethyl adjacent to an activating group) is 1. The molecule has 0 unspecified atom stereocenters. The van der Waals surface area contributed by atoms with E-state index in [1.807, 2.05) is 55.6 Å². The first-order valence-corrected chi connectivity index (χ1v) is 10.4. The molecule has 31 heavy (non-hydrogen) atoms. The number of imidazole rings is 1. The van der Waals surface area contributed by atoms with Crippen LogP contribution in [0.4, 0.5) is 11.8 Å². The van der Waals surface area contributed by atoms with Gasteiger partial charge >= 0.3 is 0 Å². The molecule has 4 rings (SSSR count). The van der Waals surface area contributed by atoms with Crippen LogP contribution in [0, 0.1) is 0 Å². The van der Waals surface area contributed by atoms with E-state index in [1.165, 1.54) is 0 Å². The number of hydrogen-bond acceptors (Lipinski definition) is 7. The standard InChI is InChI=1S/C22H28N8O/c1-5-17-24-13-16-21(31)25-18-19(29(4)14-15-9-7-6-8-10-15)26-22(23-11-12-28(2)3)27-20(18)30(16)17/h6-10,13H,5,11-12,14H2,1-4H3,(H,25,31)(H,23,26,27). The van der Waals surface area contributed by atoms with Crippen molar-refractivity contribution in [3.63, 3.8) is 0 Å². The monoisotopic (exact) mass is 420 g/mol. The van der Waals surface area contributed by atoms with Crippen molar-refractivity contribution < 1.29 is 0 Å². The minimum absolute atomic E-state index is 0.203. The van der Waals surface area contributed by atoms with Gasteiger partial charge in [0.05, 0.1) is 6.20 Å². The Hall–Kier alpha value is -3.46. The highest BCUT2D eigenvalue weighted by molar-refractivity contribution is 5.86. The van der Waals surface area contributed by atoms with E-state index in [2.05, 4.69) is 32.3 Å². The third-order valence-corrected chi connectivity index (χ3v) is 5.17. The smallest absolute Gasteiger partial charge is 0.274 e. The maximum absolute atomic E-state index is 12.8. The summed E-state index contributed by atoms with van der Waals surface area (Å²) in [6.07, 6.45) is 2.29. The Morgan fingerprint density at radius 2 is 1.90 bits per heavy atom. The molecule has 3 heterocycles. The third-order valence-electron chi connectivity index (χ3n) is 5.17. The molecule has 0 amide bonds. The molecule has 0 radical (unpaired) electrons. The zero-order chi connectivity index (χ0) is 22.0. The van der Waals surface area contributed by atoms with Gasteiger partial charge in [0, 0.05) is 33.1 Å². The molecule has 0 spiro atoms. The van der Waals surface area contributed by atoms with Crippen LogP contribution in [0.5, 0.6) is 0 Å². The van der Waals surface area contributed by atoms with Crippen molar-refractivity contribution >= 4 is 28.4 Å². The van der Waals surface area contributed by atoms with Gasteiger partial charge in [0.1, 0.15) is 16.9 Å². The van der Waals surface area contributed by atoms with Gasteiger partial charge in [-0.05, 0) is 19.7 Å². The number of nitrogens with one attached hydrogen (secondary N) is 2. The Bertz CT molecular complexity index is 1250. The van der Waals surface area contributed by atoms with Crippen LogP contribution in [0.25, 0.3) is 16.7 Å². The fourth-order valence-corrected chi connectivity index (χ4v) is 3.60. The molecular weight excluding hydrogens is 392 g/mol. The second-order valence-corrected chi connectivity index (χ2v) is 7.84. The largest absolute Gasteiger partial charge is 0.353 e. The van der Waals surface area contributed by atoms with Gasteiger partial charge in [0.15, 0.2) is 11.5 Å². The van der Waals surface area contributed by atoms with Gasteiger partial charge in [-0.3, -0.25) is 9.20 Å². The molecule has 2 N–H and O–H groups in total. The van der Waals surface area contributed by atoms with Gasteiger partial charge in [-0.2, -0.15) is 9.97 Å². The maximum atomic E-state index is 12.8. The van der Waals surface area contributed by atoms with Gasteiger partial charge in [0.25, 0.3) is 5.56 Å². The zero-order valence-corrected chi connectivity index (χ0v) is 18.4. The fourth-order valence-electron chi connectivity index (χ4n) is 3.60. The summed E-state index contributed by atoms with van der Waals surface area (Å²) in [5.74, 6) is 1.98. The lowest BCUT2D eigenvalue weighted by Gasteiger charge is -2.21. The molecule has 0 aliphatic carbocycles. The molecule has 3 aromatic heterocycles. The molecule has 4 aromatic rings. The Morgan fingerprint density at radius 3 is 2.61 bits per heavy atom. The number of benzene rings is 1. The first-order valence-electron chi connectivity index (χ1n) is 10.4. The highest BCUT2D eigenvalue weighted by Gasteiger charge is 2.18. The van der Waals surface area contributed by atoms with Crippen LogP contribution in [0.1, 0.15) is 18.3 Å². The topological polar surface area (TPSA) is 94.4 Å². The highest BCUT2D eigenvalue weighted by Crippen LogP contribution is 2.25. The van der Waals surface area contributed by atoms with Crippen molar-refractivity contribution in [3.05, 3.63) is 58.3 Å². The second kappa shape index (κ2) is 8.73. The van der Waals surface area contributed by atoms with Gasteiger partial charge in [-0.1, -0.05) is 37.3 Å². The summed E-state index contributed by atoms with van der Waals surface area (Å²) in [6, 6.07) is 10.2. The summed E-state index contributed by atoms with van der Waals surface area (Å²) in [5, 5.41) is 3.32. The molecule has 0 aliphatic rings. The Kier molecular flexibility index (Phi) is 5.85. The first-order chi connectivity index (χ1) is 15.0. The van der Waals surface area contributed by atoms with Crippen LogP contribution in [-0.2, 0) is 13.0 Å². The summed E-state index contributed by atoms with van der Waals surface area (Å²) in [4.78, 5) is 33.8. The van der Waals surface area contributed by atoms with Crippen molar-refractivity contribution in [2.45, 2.75) is 19.9 Å². The molecule has 0 saturated heterocycles. The normalized spacial score (nSPS) is 11.5. The predicted octanol–water partition coefficient (Wildman–Crippen LogP) is 2.14. The zero-order valence-electron chi connectivity index (χ0n) is 18.4. The number of fused-ring (bicyclic) bond motifs is 3. The van der Waals surface area contributed by atoms with Crippen LogP contribution in [0.2, 0.25) is 0 Å². The van der Waals surface area contributed by atoms with Crippen molar-refractivity contribution in [1.29, 1.82) is 0 Å². The number of hydrogen-bond donors (Lipinski definition) is 2. The summed E-state index contributed by atoms with van der Waals surface area (Å²) in [5.41, 5.74) is 2.67. The van der Waals surface area contributed by atoms with Crippen LogP contribution >= 0.6 is 0 Å². The van der Waals surface area contributed by atoms with E-state index in [9.17, 15) is 4.79 Å². The lowest BCUT2D eigenvalue weighted by Crippen LogP contribution is -2.24. The number of H-pyrrole nitrogens is 1. The van der Waals surface area contributed by atoms with Gasteiger partial charge in [0.2, 0.25) is 5.95 Å². The minimum Gasteiger partial charge on any atom is -0.353 e. The van der Waals surface area contributed by atoms with E-state index in [-0.39, 0.29) is 5.56 Å². The first kappa shape index (κ1) is 20.8. The second-order valence-electron chi connectivity index (χ2n) is 7.84. The van der Waals surface area contributed by atoms with E-state index in [4.69, 9.17) is 9.97 Å². The number of aryl methyl sites for hydroxylation is 1. The fraction of sp³-hybridized carbons (Fsp3) is 0.364. The SMILES string of the molecule is CCc1ncc2c(=O)[nH]c3c(N(C)Cc4ccccc4)nc(NCCN(C)C)nc3n12. The summed E-state index contributed by atoms with van der Waals surface area (Å²) >= 11 is 0. The van der Waals surface area contributed by atoms with E-state index in [1.54, 1.807) is 6.20 Å². The summed E-state index contributed by atoms with van der Waals surface area (Å²) in [6.45, 7) is 4.22. The van der Waals surface area contributed by atoms with Crippen LogP contribution in [-0.4, -0.2) is 63.5 Å². The molecule has 9 heteroatoms. The molecule has 0 atom stereocenters. The number of nitrogens with zero attached hydrogens (tertiary/aromatic N) is 6.